The lowest BCUT2D eigenvalue weighted by Gasteiger charge is -2.42. The van der Waals surface area contributed by atoms with Gasteiger partial charge in [-0.05, 0) is 79.6 Å². The molecule has 2 amide bonds. The minimum atomic E-state index is -1.41. The van der Waals surface area contributed by atoms with Crippen LogP contribution >= 0.6 is 11.6 Å². The normalized spacial score (nSPS) is 17.4. The van der Waals surface area contributed by atoms with E-state index in [0.717, 1.165) is 36.9 Å². The minimum Gasteiger partial charge on any atom is -0.383 e. The third-order valence-electron chi connectivity index (χ3n) is 8.03. The fourth-order valence-corrected chi connectivity index (χ4v) is 5.68. The smallest absolute Gasteiger partial charge is 0.263 e. The minimum absolute atomic E-state index is 0.0160. The molecule has 226 valence electrons. The number of carbonyl (C=O) groups excluding carboxylic acids is 2. The van der Waals surface area contributed by atoms with E-state index in [0.29, 0.717) is 47.2 Å². The molecular formula is C32H35ClFN5O4. The number of pyridine rings is 2. The van der Waals surface area contributed by atoms with Gasteiger partial charge >= 0.3 is 0 Å². The Morgan fingerprint density at radius 3 is 2.56 bits per heavy atom. The van der Waals surface area contributed by atoms with Crippen LogP contribution in [0.1, 0.15) is 76.5 Å². The standard InChI is InChI=1S/C32H35ClFN5O4/c1-32(34)17-38(18-32)30(41)25-14-22(33)5-8-24(25)21-12-27(20-3-4-20)36-28(13-21)37-29(40)26-11-19(15-35-9-10-43-2)16-39(31(26)42)23-6-7-23/h5,8,11-14,16,20,23,35H,3-4,6-7,9-10,15,17-18H2,1-2H3,(H,36,37,40). The Labute approximate surface area is 254 Å². The number of benzene rings is 1. The van der Waals surface area contributed by atoms with Crippen molar-refractivity contribution in [1.29, 1.82) is 0 Å². The molecule has 0 bridgehead atoms. The van der Waals surface area contributed by atoms with Gasteiger partial charge in [-0.2, -0.15) is 0 Å². The summed E-state index contributed by atoms with van der Waals surface area (Å²) in [6, 6.07) is 10.4. The van der Waals surface area contributed by atoms with Crippen LogP contribution < -0.4 is 16.2 Å². The number of anilines is 1. The second-order valence-corrected chi connectivity index (χ2v) is 12.5. The molecule has 0 unspecified atom stereocenters. The zero-order valence-corrected chi connectivity index (χ0v) is 25.0. The average molecular weight is 608 g/mol. The first kappa shape index (κ1) is 29.5. The zero-order chi connectivity index (χ0) is 30.3. The van der Waals surface area contributed by atoms with Gasteiger partial charge in [-0.3, -0.25) is 14.4 Å². The molecule has 3 fully saturated rings. The molecule has 2 N–H and O–H groups in total. The van der Waals surface area contributed by atoms with Gasteiger partial charge in [0.25, 0.3) is 17.4 Å². The van der Waals surface area contributed by atoms with Gasteiger partial charge in [0.2, 0.25) is 0 Å². The summed E-state index contributed by atoms with van der Waals surface area (Å²) in [6.07, 6.45) is 5.58. The highest BCUT2D eigenvalue weighted by molar-refractivity contribution is 6.31. The van der Waals surface area contributed by atoms with Gasteiger partial charge in [-0.25, -0.2) is 9.37 Å². The highest BCUT2D eigenvalue weighted by Crippen LogP contribution is 2.42. The maximum absolute atomic E-state index is 14.2. The lowest BCUT2D eigenvalue weighted by molar-refractivity contribution is -0.00780. The Morgan fingerprint density at radius 2 is 1.88 bits per heavy atom. The molecule has 3 aliphatic rings. The number of likely N-dealkylation sites (tertiary alicyclic amines) is 1. The van der Waals surface area contributed by atoms with E-state index in [1.807, 2.05) is 12.3 Å². The van der Waals surface area contributed by atoms with Crippen LogP contribution in [0.3, 0.4) is 0 Å². The molecule has 6 rings (SSSR count). The number of hydrogen-bond acceptors (Lipinski definition) is 6. The summed E-state index contributed by atoms with van der Waals surface area (Å²) in [5, 5.41) is 6.53. The summed E-state index contributed by atoms with van der Waals surface area (Å²) in [5.74, 6) is -0.309. The van der Waals surface area contributed by atoms with Gasteiger partial charge in [-0.1, -0.05) is 17.7 Å². The summed E-state index contributed by atoms with van der Waals surface area (Å²) in [6.45, 7) is 3.19. The Bertz CT molecular complexity index is 1620. The van der Waals surface area contributed by atoms with Gasteiger partial charge in [0, 0.05) is 54.6 Å². The third-order valence-corrected chi connectivity index (χ3v) is 8.27. The Balaban J connectivity index is 1.31. The van der Waals surface area contributed by atoms with E-state index in [4.69, 9.17) is 21.3 Å². The van der Waals surface area contributed by atoms with E-state index in [9.17, 15) is 18.8 Å². The molecule has 3 heterocycles. The van der Waals surface area contributed by atoms with Crippen molar-refractivity contribution in [3.05, 3.63) is 80.4 Å². The largest absolute Gasteiger partial charge is 0.383 e. The summed E-state index contributed by atoms with van der Waals surface area (Å²) < 4.78 is 21.0. The van der Waals surface area contributed by atoms with Crippen molar-refractivity contribution in [2.24, 2.45) is 0 Å². The highest BCUT2D eigenvalue weighted by Gasteiger charge is 2.42. The van der Waals surface area contributed by atoms with Crippen molar-refractivity contribution in [1.82, 2.24) is 19.8 Å². The molecule has 43 heavy (non-hydrogen) atoms. The molecule has 2 saturated carbocycles. The topological polar surface area (TPSA) is 106 Å². The number of aromatic nitrogens is 2. The fourth-order valence-electron chi connectivity index (χ4n) is 5.50. The number of alkyl halides is 1. The number of rotatable bonds is 11. The van der Waals surface area contributed by atoms with E-state index in [1.54, 1.807) is 42.0 Å². The summed E-state index contributed by atoms with van der Waals surface area (Å²) in [4.78, 5) is 46.5. The number of amides is 2. The number of methoxy groups -OCH3 is 1. The van der Waals surface area contributed by atoms with Crippen molar-refractivity contribution in [2.75, 3.05) is 38.7 Å². The van der Waals surface area contributed by atoms with Gasteiger partial charge in [-0.15, -0.1) is 0 Å². The maximum Gasteiger partial charge on any atom is 0.263 e. The number of halogens is 2. The number of ether oxygens (including phenoxy) is 1. The summed E-state index contributed by atoms with van der Waals surface area (Å²) in [5.41, 5.74) is 1.59. The lowest BCUT2D eigenvalue weighted by atomic mass is 9.94. The van der Waals surface area contributed by atoms with Crippen molar-refractivity contribution < 1.29 is 18.7 Å². The van der Waals surface area contributed by atoms with Crippen LogP contribution in [0.4, 0.5) is 10.2 Å². The average Bonchev–Trinajstić information content (AvgIpc) is 3.87. The third kappa shape index (κ3) is 6.66. The van der Waals surface area contributed by atoms with E-state index in [2.05, 4.69) is 10.6 Å². The fraction of sp³-hybridized carbons (Fsp3) is 0.438. The first-order chi connectivity index (χ1) is 20.6. The van der Waals surface area contributed by atoms with Gasteiger partial charge < -0.3 is 24.8 Å². The molecule has 11 heteroatoms. The van der Waals surface area contributed by atoms with Crippen LogP contribution in [0.5, 0.6) is 0 Å². The molecule has 1 saturated heterocycles. The summed E-state index contributed by atoms with van der Waals surface area (Å²) in [7, 11) is 1.63. The van der Waals surface area contributed by atoms with E-state index >= 15 is 0 Å². The predicted molar refractivity (Wildman–Crippen MR) is 163 cm³/mol. The first-order valence-electron chi connectivity index (χ1n) is 14.7. The van der Waals surface area contributed by atoms with Crippen LogP contribution in [0.15, 0.2) is 47.4 Å². The zero-order valence-electron chi connectivity index (χ0n) is 24.3. The van der Waals surface area contributed by atoms with Gasteiger partial charge in [0.15, 0.2) is 0 Å². The van der Waals surface area contributed by atoms with Crippen LogP contribution in [0.2, 0.25) is 5.02 Å². The molecular weight excluding hydrogens is 573 g/mol. The second-order valence-electron chi connectivity index (χ2n) is 12.0. The predicted octanol–water partition coefficient (Wildman–Crippen LogP) is 4.95. The van der Waals surface area contributed by atoms with Gasteiger partial charge in [0.05, 0.1) is 19.7 Å². The van der Waals surface area contributed by atoms with E-state index in [1.165, 1.54) is 11.8 Å². The lowest BCUT2D eigenvalue weighted by Crippen LogP contribution is -2.59. The quantitative estimate of drug-likeness (QED) is 0.299. The molecule has 0 atom stereocenters. The summed E-state index contributed by atoms with van der Waals surface area (Å²) >= 11 is 6.29. The molecule has 2 aliphatic carbocycles. The molecule has 1 aromatic carbocycles. The van der Waals surface area contributed by atoms with E-state index in [-0.39, 0.29) is 42.1 Å². The number of nitrogens with zero attached hydrogens (tertiary/aromatic N) is 3. The monoisotopic (exact) mass is 607 g/mol. The molecule has 2 aromatic heterocycles. The van der Waals surface area contributed by atoms with Crippen LogP contribution in [0, 0.1) is 0 Å². The number of hydrogen-bond donors (Lipinski definition) is 2. The van der Waals surface area contributed by atoms with E-state index < -0.39 is 11.6 Å². The van der Waals surface area contributed by atoms with Crippen molar-refractivity contribution in [2.45, 2.75) is 56.8 Å². The molecule has 9 nitrogen and oxygen atoms in total. The first-order valence-corrected chi connectivity index (χ1v) is 15.1. The Hall–Kier alpha value is -3.60. The van der Waals surface area contributed by atoms with Gasteiger partial charge in [0.1, 0.15) is 17.1 Å². The second kappa shape index (κ2) is 11.8. The highest BCUT2D eigenvalue weighted by atomic mass is 35.5. The molecule has 1 aliphatic heterocycles. The Kier molecular flexibility index (Phi) is 8.10. The maximum atomic E-state index is 14.2. The molecule has 0 spiro atoms. The van der Waals surface area contributed by atoms with Crippen LogP contribution in [0.25, 0.3) is 11.1 Å². The number of nitrogens with one attached hydrogen (secondary N) is 2. The number of carbonyl (C=O) groups is 2. The SMILES string of the molecule is COCCNCc1cc(C(=O)Nc2cc(-c3ccc(Cl)cc3C(=O)N3CC(C)(F)C3)cc(C3CC3)n2)c(=O)n(C2CC2)c1. The van der Waals surface area contributed by atoms with Crippen LogP contribution in [-0.4, -0.2) is 65.3 Å². The molecule has 3 aromatic rings. The van der Waals surface area contributed by atoms with Crippen LogP contribution in [-0.2, 0) is 11.3 Å². The van der Waals surface area contributed by atoms with Crippen molar-refractivity contribution in [3.63, 3.8) is 0 Å². The Morgan fingerprint density at radius 1 is 1.12 bits per heavy atom. The molecule has 0 radical (unpaired) electrons. The van der Waals surface area contributed by atoms with Crippen molar-refractivity contribution >= 4 is 29.2 Å². The van der Waals surface area contributed by atoms with Crippen molar-refractivity contribution in [3.8, 4) is 11.1 Å².